The summed E-state index contributed by atoms with van der Waals surface area (Å²) in [5.41, 5.74) is 2.05. The number of carbonyl (C=O) groups is 2. The maximum absolute atomic E-state index is 11.8. The molecule has 1 atom stereocenters. The molecule has 19 heavy (non-hydrogen) atoms. The van der Waals surface area contributed by atoms with E-state index in [4.69, 9.17) is 5.11 Å². The summed E-state index contributed by atoms with van der Waals surface area (Å²) in [6.45, 7) is 0.764. The predicted molar refractivity (Wildman–Crippen MR) is 69.5 cm³/mol. The van der Waals surface area contributed by atoms with Gasteiger partial charge in [0.15, 0.2) is 0 Å². The number of fused-ring (bicyclic) bond motifs is 1. The van der Waals surface area contributed by atoms with Gasteiger partial charge in [0.25, 0.3) is 0 Å². The number of nitrogens with zero attached hydrogens (tertiary/aromatic N) is 1. The number of likely N-dealkylation sites (tertiary alicyclic amines) is 1. The van der Waals surface area contributed by atoms with Crippen LogP contribution in [0.3, 0.4) is 0 Å². The first-order valence-electron chi connectivity index (χ1n) is 6.20. The highest BCUT2D eigenvalue weighted by atomic mass is 16.4. The van der Waals surface area contributed by atoms with Gasteiger partial charge in [-0.05, 0) is 11.6 Å². The van der Waals surface area contributed by atoms with Gasteiger partial charge in [0.1, 0.15) is 0 Å². The Hall–Kier alpha value is -2.30. The number of hydrogen-bond donors (Lipinski definition) is 2. The molecular formula is C14H14N2O3. The van der Waals surface area contributed by atoms with Gasteiger partial charge < -0.3 is 15.0 Å². The molecule has 1 aromatic heterocycles. The Bertz CT molecular complexity index is 647. The molecule has 0 radical (unpaired) electrons. The summed E-state index contributed by atoms with van der Waals surface area (Å²) in [4.78, 5) is 27.5. The Labute approximate surface area is 109 Å². The second-order valence-corrected chi connectivity index (χ2v) is 4.87. The summed E-state index contributed by atoms with van der Waals surface area (Å²) in [7, 11) is 0. The Morgan fingerprint density at radius 1 is 1.42 bits per heavy atom. The van der Waals surface area contributed by atoms with Gasteiger partial charge in [-0.15, -0.1) is 0 Å². The summed E-state index contributed by atoms with van der Waals surface area (Å²) < 4.78 is 0. The number of aromatic amines is 1. The Kier molecular flexibility index (Phi) is 2.74. The smallest absolute Gasteiger partial charge is 0.308 e. The number of H-pyrrole nitrogens is 1. The molecule has 2 heterocycles. The van der Waals surface area contributed by atoms with Crippen LogP contribution < -0.4 is 0 Å². The molecular weight excluding hydrogens is 244 g/mol. The molecule has 1 aromatic carbocycles. The van der Waals surface area contributed by atoms with E-state index in [-0.39, 0.29) is 12.3 Å². The van der Waals surface area contributed by atoms with Crippen LogP contribution in [0.5, 0.6) is 0 Å². The number of para-hydroxylation sites is 1. The number of carboxylic acid groups (broad SMARTS) is 1. The molecule has 2 N–H and O–H groups in total. The van der Waals surface area contributed by atoms with E-state index in [0.717, 1.165) is 16.5 Å². The van der Waals surface area contributed by atoms with E-state index in [0.29, 0.717) is 13.1 Å². The van der Waals surface area contributed by atoms with Crippen LogP contribution in [0, 0.1) is 5.92 Å². The fourth-order valence-electron chi connectivity index (χ4n) is 2.56. The average molecular weight is 258 g/mol. The Balaban J connectivity index is 1.82. The van der Waals surface area contributed by atoms with Gasteiger partial charge in [0.2, 0.25) is 5.91 Å². The Morgan fingerprint density at radius 3 is 2.95 bits per heavy atom. The quantitative estimate of drug-likeness (QED) is 0.878. The van der Waals surface area contributed by atoms with Crippen molar-refractivity contribution in [3.8, 4) is 0 Å². The van der Waals surface area contributed by atoms with E-state index in [9.17, 15) is 9.59 Å². The van der Waals surface area contributed by atoms with Crippen LogP contribution in [0.2, 0.25) is 0 Å². The van der Waals surface area contributed by atoms with Crippen molar-refractivity contribution in [1.29, 1.82) is 0 Å². The van der Waals surface area contributed by atoms with E-state index in [2.05, 4.69) is 4.98 Å². The zero-order valence-corrected chi connectivity index (χ0v) is 10.3. The molecule has 0 spiro atoms. The van der Waals surface area contributed by atoms with Gasteiger partial charge in [0.05, 0.1) is 5.92 Å². The standard InChI is InChI=1S/C14H14N2O3/c17-13-5-9(14(18)19)7-16(13)8-10-6-15-12-4-2-1-3-11(10)12/h1-4,6,9,15H,5,7-8H2,(H,18,19). The van der Waals surface area contributed by atoms with Crippen LogP contribution in [-0.4, -0.2) is 33.4 Å². The van der Waals surface area contributed by atoms with Gasteiger partial charge in [-0.3, -0.25) is 9.59 Å². The zero-order chi connectivity index (χ0) is 13.4. The molecule has 0 bridgehead atoms. The number of rotatable bonds is 3. The van der Waals surface area contributed by atoms with Crippen LogP contribution in [0.25, 0.3) is 10.9 Å². The molecule has 98 valence electrons. The lowest BCUT2D eigenvalue weighted by Gasteiger charge is -2.15. The van der Waals surface area contributed by atoms with Gasteiger partial charge in [-0.1, -0.05) is 18.2 Å². The topological polar surface area (TPSA) is 73.4 Å². The maximum Gasteiger partial charge on any atom is 0.308 e. The molecule has 5 heteroatoms. The average Bonchev–Trinajstić information content (AvgIpc) is 2.96. The van der Waals surface area contributed by atoms with Crippen LogP contribution >= 0.6 is 0 Å². The van der Waals surface area contributed by atoms with Crippen molar-refractivity contribution in [3.05, 3.63) is 36.0 Å². The molecule has 2 aromatic rings. The van der Waals surface area contributed by atoms with Crippen molar-refractivity contribution in [2.45, 2.75) is 13.0 Å². The van der Waals surface area contributed by atoms with E-state index >= 15 is 0 Å². The minimum absolute atomic E-state index is 0.0855. The summed E-state index contributed by atoms with van der Waals surface area (Å²) >= 11 is 0. The SMILES string of the molecule is O=C(O)C1CC(=O)N(Cc2c[nH]c3ccccc23)C1. The van der Waals surface area contributed by atoms with Crippen LogP contribution in [0.15, 0.2) is 30.5 Å². The van der Waals surface area contributed by atoms with Crippen LogP contribution in [-0.2, 0) is 16.1 Å². The second kappa shape index (κ2) is 4.42. The van der Waals surface area contributed by atoms with E-state index < -0.39 is 11.9 Å². The summed E-state index contributed by atoms with van der Waals surface area (Å²) in [5, 5.41) is 10.0. The van der Waals surface area contributed by atoms with Gasteiger partial charge in [0, 0.05) is 36.6 Å². The molecule has 0 saturated carbocycles. The van der Waals surface area contributed by atoms with Crippen molar-refractivity contribution in [2.75, 3.05) is 6.54 Å². The summed E-state index contributed by atoms with van der Waals surface area (Å²) in [6, 6.07) is 7.87. The van der Waals surface area contributed by atoms with Gasteiger partial charge in [-0.2, -0.15) is 0 Å². The lowest BCUT2D eigenvalue weighted by Crippen LogP contribution is -2.25. The number of benzene rings is 1. The lowest BCUT2D eigenvalue weighted by atomic mass is 10.1. The first-order valence-corrected chi connectivity index (χ1v) is 6.20. The fraction of sp³-hybridized carbons (Fsp3) is 0.286. The lowest BCUT2D eigenvalue weighted by molar-refractivity contribution is -0.141. The molecule has 1 aliphatic heterocycles. The first kappa shape index (κ1) is 11.8. The highest BCUT2D eigenvalue weighted by Crippen LogP contribution is 2.24. The Morgan fingerprint density at radius 2 is 2.21 bits per heavy atom. The third kappa shape index (κ3) is 2.07. The number of hydrogen-bond acceptors (Lipinski definition) is 2. The normalized spacial score (nSPS) is 19.3. The minimum Gasteiger partial charge on any atom is -0.481 e. The molecule has 3 rings (SSSR count). The number of amides is 1. The second-order valence-electron chi connectivity index (χ2n) is 4.87. The molecule has 1 fully saturated rings. The molecule has 1 amide bonds. The summed E-state index contributed by atoms with van der Waals surface area (Å²) in [6.07, 6.45) is 1.99. The summed E-state index contributed by atoms with van der Waals surface area (Å²) in [5.74, 6) is -1.55. The van der Waals surface area contributed by atoms with Crippen molar-refractivity contribution in [2.24, 2.45) is 5.92 Å². The maximum atomic E-state index is 11.8. The number of aliphatic carboxylic acids is 1. The van der Waals surface area contributed by atoms with Crippen LogP contribution in [0.4, 0.5) is 0 Å². The molecule has 0 aliphatic carbocycles. The number of carboxylic acids is 1. The number of carbonyl (C=O) groups excluding carboxylic acids is 1. The molecule has 1 unspecified atom stereocenters. The third-order valence-electron chi connectivity index (χ3n) is 3.60. The van der Waals surface area contributed by atoms with Crippen molar-refractivity contribution >= 4 is 22.8 Å². The number of nitrogens with one attached hydrogen (secondary N) is 1. The number of aromatic nitrogens is 1. The van der Waals surface area contributed by atoms with Crippen LogP contribution in [0.1, 0.15) is 12.0 Å². The van der Waals surface area contributed by atoms with E-state index in [1.54, 1.807) is 4.90 Å². The predicted octanol–water partition coefficient (Wildman–Crippen LogP) is 1.60. The van der Waals surface area contributed by atoms with Gasteiger partial charge >= 0.3 is 5.97 Å². The highest BCUT2D eigenvalue weighted by Gasteiger charge is 2.34. The van der Waals surface area contributed by atoms with E-state index in [1.807, 2.05) is 30.5 Å². The monoisotopic (exact) mass is 258 g/mol. The highest BCUT2D eigenvalue weighted by molar-refractivity contribution is 5.87. The minimum atomic E-state index is -0.894. The largest absolute Gasteiger partial charge is 0.481 e. The van der Waals surface area contributed by atoms with E-state index in [1.165, 1.54) is 0 Å². The van der Waals surface area contributed by atoms with Gasteiger partial charge in [-0.25, -0.2) is 0 Å². The first-order chi connectivity index (χ1) is 9.15. The molecule has 1 aliphatic rings. The molecule has 1 saturated heterocycles. The zero-order valence-electron chi connectivity index (χ0n) is 10.3. The fourth-order valence-corrected chi connectivity index (χ4v) is 2.56. The van der Waals surface area contributed by atoms with Crippen molar-refractivity contribution < 1.29 is 14.7 Å². The molecule has 5 nitrogen and oxygen atoms in total. The van der Waals surface area contributed by atoms with Crippen molar-refractivity contribution in [1.82, 2.24) is 9.88 Å². The third-order valence-corrected chi connectivity index (χ3v) is 3.60. The van der Waals surface area contributed by atoms with Crippen molar-refractivity contribution in [3.63, 3.8) is 0 Å².